The SMILES string of the molecule is CCCCCCCCCCCCOc1ccc(C(=O)Oc2ccc(C(C)OCCCCCC)cc2)cc1. The third-order valence-corrected chi connectivity index (χ3v) is 6.78. The Kier molecular flexibility index (Phi) is 16.5. The van der Waals surface area contributed by atoms with E-state index >= 15 is 0 Å². The van der Waals surface area contributed by atoms with Crippen LogP contribution in [0.4, 0.5) is 0 Å². The first kappa shape index (κ1) is 30.9. The van der Waals surface area contributed by atoms with E-state index in [-0.39, 0.29) is 12.1 Å². The second-order valence-electron chi connectivity index (χ2n) is 10.1. The predicted molar refractivity (Wildman–Crippen MR) is 154 cm³/mol. The van der Waals surface area contributed by atoms with Crippen LogP contribution in [0.2, 0.25) is 0 Å². The van der Waals surface area contributed by atoms with Gasteiger partial charge in [-0.05, 0) is 61.7 Å². The second-order valence-corrected chi connectivity index (χ2v) is 10.1. The van der Waals surface area contributed by atoms with Crippen molar-refractivity contribution in [2.24, 2.45) is 0 Å². The minimum Gasteiger partial charge on any atom is -0.494 e. The van der Waals surface area contributed by atoms with E-state index in [0.29, 0.717) is 17.9 Å². The Balaban J connectivity index is 1.62. The fourth-order valence-electron chi connectivity index (χ4n) is 4.32. The van der Waals surface area contributed by atoms with Crippen LogP contribution in [-0.4, -0.2) is 19.2 Å². The van der Waals surface area contributed by atoms with E-state index in [1.165, 1.54) is 77.0 Å². The van der Waals surface area contributed by atoms with Crippen molar-refractivity contribution in [1.82, 2.24) is 0 Å². The number of ether oxygens (including phenoxy) is 3. The topological polar surface area (TPSA) is 44.8 Å². The molecule has 0 aliphatic heterocycles. The molecule has 37 heavy (non-hydrogen) atoms. The molecule has 206 valence electrons. The van der Waals surface area contributed by atoms with Gasteiger partial charge < -0.3 is 14.2 Å². The van der Waals surface area contributed by atoms with Crippen LogP contribution in [0.3, 0.4) is 0 Å². The van der Waals surface area contributed by atoms with Crippen LogP contribution in [0.5, 0.6) is 11.5 Å². The molecular weight excluding hydrogens is 460 g/mol. The minimum absolute atomic E-state index is 0.0271. The predicted octanol–water partition coefficient (Wildman–Crippen LogP) is 9.86. The zero-order chi connectivity index (χ0) is 26.6. The lowest BCUT2D eigenvalue weighted by atomic mass is 10.1. The lowest BCUT2D eigenvalue weighted by Gasteiger charge is -2.14. The number of unbranched alkanes of at least 4 members (excludes halogenated alkanes) is 12. The van der Waals surface area contributed by atoms with Crippen LogP contribution in [-0.2, 0) is 4.74 Å². The molecular formula is C33H50O4. The van der Waals surface area contributed by atoms with E-state index in [2.05, 4.69) is 20.8 Å². The molecule has 0 saturated heterocycles. The highest BCUT2D eigenvalue weighted by Gasteiger charge is 2.11. The van der Waals surface area contributed by atoms with E-state index in [4.69, 9.17) is 14.2 Å². The Morgan fingerprint density at radius 1 is 0.622 bits per heavy atom. The van der Waals surface area contributed by atoms with Gasteiger partial charge in [-0.2, -0.15) is 0 Å². The lowest BCUT2D eigenvalue weighted by Crippen LogP contribution is -2.09. The molecule has 4 nitrogen and oxygen atoms in total. The molecule has 0 bridgehead atoms. The third kappa shape index (κ3) is 13.7. The smallest absolute Gasteiger partial charge is 0.343 e. The van der Waals surface area contributed by atoms with Crippen molar-refractivity contribution in [2.45, 2.75) is 117 Å². The molecule has 0 aliphatic rings. The van der Waals surface area contributed by atoms with Crippen LogP contribution in [0.1, 0.15) is 133 Å². The first-order valence-corrected chi connectivity index (χ1v) is 14.8. The van der Waals surface area contributed by atoms with Gasteiger partial charge in [0.1, 0.15) is 11.5 Å². The lowest BCUT2D eigenvalue weighted by molar-refractivity contribution is 0.0627. The number of hydrogen-bond donors (Lipinski definition) is 0. The molecule has 0 saturated carbocycles. The average molecular weight is 511 g/mol. The maximum absolute atomic E-state index is 12.5. The number of benzene rings is 2. The van der Waals surface area contributed by atoms with Gasteiger partial charge in [-0.15, -0.1) is 0 Å². The summed E-state index contributed by atoms with van der Waals surface area (Å²) < 4.78 is 17.3. The zero-order valence-electron chi connectivity index (χ0n) is 23.6. The molecule has 0 aromatic heterocycles. The van der Waals surface area contributed by atoms with E-state index in [1.54, 1.807) is 12.1 Å². The van der Waals surface area contributed by atoms with Gasteiger partial charge in [0.05, 0.1) is 18.3 Å². The highest BCUT2D eigenvalue weighted by molar-refractivity contribution is 5.91. The van der Waals surface area contributed by atoms with Crippen LogP contribution < -0.4 is 9.47 Å². The van der Waals surface area contributed by atoms with Gasteiger partial charge in [0.15, 0.2) is 0 Å². The van der Waals surface area contributed by atoms with Gasteiger partial charge in [0.25, 0.3) is 0 Å². The van der Waals surface area contributed by atoms with Crippen molar-refractivity contribution < 1.29 is 19.0 Å². The number of rotatable bonds is 21. The van der Waals surface area contributed by atoms with E-state index in [1.807, 2.05) is 36.4 Å². The highest BCUT2D eigenvalue weighted by atomic mass is 16.5. The molecule has 0 heterocycles. The monoisotopic (exact) mass is 510 g/mol. The van der Waals surface area contributed by atoms with E-state index in [0.717, 1.165) is 30.8 Å². The number of carbonyl (C=O) groups is 1. The molecule has 0 fully saturated rings. The fourth-order valence-corrected chi connectivity index (χ4v) is 4.32. The van der Waals surface area contributed by atoms with Gasteiger partial charge in [-0.25, -0.2) is 4.79 Å². The number of hydrogen-bond acceptors (Lipinski definition) is 4. The van der Waals surface area contributed by atoms with Crippen LogP contribution in [0.25, 0.3) is 0 Å². The van der Waals surface area contributed by atoms with Gasteiger partial charge in [-0.3, -0.25) is 0 Å². The fraction of sp³-hybridized carbons (Fsp3) is 0.606. The molecule has 2 aromatic rings. The molecule has 2 aromatic carbocycles. The maximum atomic E-state index is 12.5. The zero-order valence-corrected chi connectivity index (χ0v) is 23.6. The summed E-state index contributed by atoms with van der Waals surface area (Å²) in [4.78, 5) is 12.5. The summed E-state index contributed by atoms with van der Waals surface area (Å²) in [6.07, 6.45) is 17.9. The Hall–Kier alpha value is -2.33. The van der Waals surface area contributed by atoms with Crippen molar-refractivity contribution in [3.05, 3.63) is 59.7 Å². The van der Waals surface area contributed by atoms with Gasteiger partial charge in [0.2, 0.25) is 0 Å². The standard InChI is InChI=1S/C33H50O4/c1-4-6-8-10-11-12-13-14-15-17-27-36-31-22-20-30(21-23-31)33(34)37-32-24-18-29(19-25-32)28(3)35-26-16-9-7-5-2/h18-25,28H,4-17,26-27H2,1-3H3. The molecule has 0 amide bonds. The largest absolute Gasteiger partial charge is 0.494 e. The Morgan fingerprint density at radius 3 is 1.70 bits per heavy atom. The first-order chi connectivity index (χ1) is 18.1. The molecule has 0 spiro atoms. The molecule has 1 atom stereocenters. The molecule has 0 radical (unpaired) electrons. The number of carbonyl (C=O) groups excluding carboxylic acids is 1. The van der Waals surface area contributed by atoms with E-state index < -0.39 is 0 Å². The van der Waals surface area contributed by atoms with Crippen LogP contribution in [0, 0.1) is 0 Å². The Morgan fingerprint density at radius 2 is 1.11 bits per heavy atom. The average Bonchev–Trinajstić information content (AvgIpc) is 2.92. The summed E-state index contributed by atoms with van der Waals surface area (Å²) in [6.45, 7) is 8.02. The molecule has 1 unspecified atom stereocenters. The molecule has 4 heteroatoms. The summed E-state index contributed by atoms with van der Waals surface area (Å²) >= 11 is 0. The Labute approximate surface area is 226 Å². The number of esters is 1. The van der Waals surface area contributed by atoms with Crippen molar-refractivity contribution in [1.29, 1.82) is 0 Å². The molecule has 2 rings (SSSR count). The maximum Gasteiger partial charge on any atom is 0.343 e. The van der Waals surface area contributed by atoms with Gasteiger partial charge in [-0.1, -0.05) is 103 Å². The van der Waals surface area contributed by atoms with Crippen molar-refractivity contribution >= 4 is 5.97 Å². The summed E-state index contributed by atoms with van der Waals surface area (Å²) in [5.41, 5.74) is 1.60. The normalized spacial score (nSPS) is 11.9. The Bertz CT molecular complexity index is 828. The van der Waals surface area contributed by atoms with Crippen LogP contribution >= 0.6 is 0 Å². The highest BCUT2D eigenvalue weighted by Crippen LogP contribution is 2.22. The summed E-state index contributed by atoms with van der Waals surface area (Å²) in [5.74, 6) is 0.958. The molecule has 0 aliphatic carbocycles. The second kappa shape index (κ2) is 19.7. The minimum atomic E-state index is -0.366. The van der Waals surface area contributed by atoms with Crippen LogP contribution in [0.15, 0.2) is 48.5 Å². The summed E-state index contributed by atoms with van der Waals surface area (Å²) in [6, 6.07) is 14.8. The molecule has 0 N–H and O–H groups in total. The third-order valence-electron chi connectivity index (χ3n) is 6.78. The van der Waals surface area contributed by atoms with Gasteiger partial charge in [0, 0.05) is 6.61 Å². The summed E-state index contributed by atoms with van der Waals surface area (Å²) in [7, 11) is 0. The first-order valence-electron chi connectivity index (χ1n) is 14.8. The van der Waals surface area contributed by atoms with Gasteiger partial charge >= 0.3 is 5.97 Å². The van der Waals surface area contributed by atoms with Crippen molar-refractivity contribution in [2.75, 3.05) is 13.2 Å². The van der Waals surface area contributed by atoms with Crippen molar-refractivity contribution in [3.63, 3.8) is 0 Å². The van der Waals surface area contributed by atoms with E-state index in [9.17, 15) is 4.79 Å². The summed E-state index contributed by atoms with van der Waals surface area (Å²) in [5, 5.41) is 0. The quantitative estimate of drug-likeness (QED) is 0.0952. The van der Waals surface area contributed by atoms with Crippen molar-refractivity contribution in [3.8, 4) is 11.5 Å².